The number of primary amides is 1. The zero-order chi connectivity index (χ0) is 17.1. The molecule has 0 unspecified atom stereocenters. The van der Waals surface area contributed by atoms with Crippen LogP contribution in [0.4, 0.5) is 0 Å². The van der Waals surface area contributed by atoms with Crippen molar-refractivity contribution in [1.82, 2.24) is 20.0 Å². The van der Waals surface area contributed by atoms with Crippen LogP contribution in [0.3, 0.4) is 0 Å². The van der Waals surface area contributed by atoms with Gasteiger partial charge in [-0.05, 0) is 30.9 Å². The summed E-state index contributed by atoms with van der Waals surface area (Å²) in [4.78, 5) is 12.0. The highest BCUT2D eigenvalue weighted by molar-refractivity contribution is 5.95. The highest BCUT2D eigenvalue weighted by atomic mass is 16.1. The molecule has 0 aliphatic heterocycles. The average molecular weight is 321 g/mol. The zero-order valence-electron chi connectivity index (χ0n) is 13.9. The van der Waals surface area contributed by atoms with E-state index < -0.39 is 5.91 Å². The lowest BCUT2D eigenvalue weighted by atomic mass is 9.73. The van der Waals surface area contributed by atoms with Gasteiger partial charge in [0.2, 0.25) is 0 Å². The van der Waals surface area contributed by atoms with Gasteiger partial charge in [0.1, 0.15) is 0 Å². The molecular formula is C18H19N5O. The molecule has 0 fully saturated rings. The Bertz CT molecular complexity index is 946. The van der Waals surface area contributed by atoms with Crippen LogP contribution in [0.15, 0.2) is 30.5 Å². The lowest BCUT2D eigenvalue weighted by Gasteiger charge is -2.30. The van der Waals surface area contributed by atoms with Gasteiger partial charge in [-0.25, -0.2) is 4.68 Å². The smallest absolute Gasteiger partial charge is 0.269 e. The summed E-state index contributed by atoms with van der Waals surface area (Å²) in [7, 11) is 0. The number of fused-ring (bicyclic) bond motifs is 3. The molecular weight excluding hydrogens is 302 g/mol. The van der Waals surface area contributed by atoms with Gasteiger partial charge in [0.15, 0.2) is 5.69 Å². The fourth-order valence-electron chi connectivity index (χ4n) is 3.54. The van der Waals surface area contributed by atoms with Crippen LogP contribution in [-0.2, 0) is 11.8 Å². The molecule has 2 aromatic heterocycles. The van der Waals surface area contributed by atoms with E-state index in [2.05, 4.69) is 29.1 Å². The highest BCUT2D eigenvalue weighted by Crippen LogP contribution is 2.44. The number of hydrogen-bond acceptors (Lipinski definition) is 3. The van der Waals surface area contributed by atoms with Gasteiger partial charge >= 0.3 is 0 Å². The summed E-state index contributed by atoms with van der Waals surface area (Å²) in [5.41, 5.74) is 11.6. The molecule has 24 heavy (non-hydrogen) atoms. The van der Waals surface area contributed by atoms with Gasteiger partial charge in [0.25, 0.3) is 5.91 Å². The number of carbonyl (C=O) groups excluding carboxylic acids is 1. The number of nitrogens with zero attached hydrogens (tertiary/aromatic N) is 3. The van der Waals surface area contributed by atoms with Gasteiger partial charge in [0.05, 0.1) is 17.6 Å². The molecule has 0 bridgehead atoms. The van der Waals surface area contributed by atoms with Gasteiger partial charge in [0, 0.05) is 16.8 Å². The topological polar surface area (TPSA) is 89.6 Å². The zero-order valence-corrected chi connectivity index (χ0v) is 13.9. The lowest BCUT2D eigenvalue weighted by molar-refractivity contribution is 0.0993. The monoisotopic (exact) mass is 321 g/mol. The Morgan fingerprint density at radius 2 is 2.00 bits per heavy atom. The standard InChI is InChI=1S/C18H19N5O/c1-10-4-6-11(7-5-10)23-16-12-9-20-21-13(12)8-18(2,3)14(16)15(22-23)17(19)24/h4-7,9H,8H2,1-3H3,(H2,19,24)(H,20,21). The van der Waals surface area contributed by atoms with Gasteiger partial charge in [-0.3, -0.25) is 9.89 Å². The third kappa shape index (κ3) is 1.99. The van der Waals surface area contributed by atoms with Crippen LogP contribution in [0, 0.1) is 6.92 Å². The molecule has 122 valence electrons. The van der Waals surface area contributed by atoms with Crippen LogP contribution in [0.25, 0.3) is 16.9 Å². The van der Waals surface area contributed by atoms with E-state index in [9.17, 15) is 4.79 Å². The maximum absolute atomic E-state index is 12.0. The van der Waals surface area contributed by atoms with Gasteiger partial charge in [-0.2, -0.15) is 10.2 Å². The van der Waals surface area contributed by atoms with Crippen LogP contribution >= 0.6 is 0 Å². The summed E-state index contributed by atoms with van der Waals surface area (Å²) in [5.74, 6) is -0.503. The van der Waals surface area contributed by atoms with Crippen LogP contribution < -0.4 is 5.73 Å². The van der Waals surface area contributed by atoms with E-state index >= 15 is 0 Å². The SMILES string of the molecule is Cc1ccc(-n2nc(C(N)=O)c3c2-c2cn[nH]c2CC3(C)C)cc1. The number of nitrogens with one attached hydrogen (secondary N) is 1. The van der Waals surface area contributed by atoms with Crippen LogP contribution in [0.5, 0.6) is 0 Å². The van der Waals surface area contributed by atoms with E-state index in [4.69, 9.17) is 5.73 Å². The number of rotatable bonds is 2. The number of carbonyl (C=O) groups is 1. The predicted molar refractivity (Wildman–Crippen MR) is 91.1 cm³/mol. The Morgan fingerprint density at radius 3 is 2.67 bits per heavy atom. The highest BCUT2D eigenvalue weighted by Gasteiger charge is 2.39. The molecule has 6 nitrogen and oxygen atoms in total. The minimum Gasteiger partial charge on any atom is -0.364 e. The van der Waals surface area contributed by atoms with E-state index in [0.29, 0.717) is 5.69 Å². The number of benzene rings is 1. The molecule has 4 rings (SSSR count). The summed E-state index contributed by atoms with van der Waals surface area (Å²) >= 11 is 0. The number of aromatic amines is 1. The molecule has 1 aliphatic carbocycles. The number of aromatic nitrogens is 4. The third-order valence-electron chi connectivity index (χ3n) is 4.67. The van der Waals surface area contributed by atoms with E-state index in [1.54, 1.807) is 6.20 Å². The fraction of sp³-hybridized carbons (Fsp3) is 0.278. The molecule has 0 saturated heterocycles. The van der Waals surface area contributed by atoms with Crippen molar-refractivity contribution in [3.63, 3.8) is 0 Å². The third-order valence-corrected chi connectivity index (χ3v) is 4.67. The van der Waals surface area contributed by atoms with Crippen molar-refractivity contribution in [3.05, 3.63) is 53.0 Å². The molecule has 0 spiro atoms. The first kappa shape index (κ1) is 14.7. The number of hydrogen-bond donors (Lipinski definition) is 2. The maximum Gasteiger partial charge on any atom is 0.269 e. The quantitative estimate of drug-likeness (QED) is 0.760. The minimum atomic E-state index is -0.503. The Labute approximate surface area is 139 Å². The predicted octanol–water partition coefficient (Wildman–Crippen LogP) is 2.50. The van der Waals surface area contributed by atoms with E-state index in [1.807, 2.05) is 35.9 Å². The van der Waals surface area contributed by atoms with E-state index in [1.165, 1.54) is 5.56 Å². The molecule has 3 N–H and O–H groups in total. The molecule has 6 heteroatoms. The van der Waals surface area contributed by atoms with Crippen molar-refractivity contribution in [1.29, 1.82) is 0 Å². The second kappa shape index (κ2) is 4.80. The number of amides is 1. The first-order valence-electron chi connectivity index (χ1n) is 7.91. The Hall–Kier alpha value is -2.89. The van der Waals surface area contributed by atoms with Gasteiger partial charge < -0.3 is 5.73 Å². The van der Waals surface area contributed by atoms with Crippen LogP contribution in [0.1, 0.15) is 41.2 Å². The maximum atomic E-state index is 12.0. The Morgan fingerprint density at radius 1 is 1.29 bits per heavy atom. The lowest BCUT2D eigenvalue weighted by Crippen LogP contribution is -2.28. The molecule has 2 heterocycles. The first-order valence-corrected chi connectivity index (χ1v) is 7.91. The van der Waals surface area contributed by atoms with Crippen molar-refractivity contribution in [2.24, 2.45) is 5.73 Å². The van der Waals surface area contributed by atoms with Crippen molar-refractivity contribution < 1.29 is 4.79 Å². The van der Waals surface area contributed by atoms with Crippen LogP contribution in [0.2, 0.25) is 0 Å². The number of nitrogens with two attached hydrogens (primary N) is 1. The van der Waals surface area contributed by atoms with Gasteiger partial charge in [-0.15, -0.1) is 0 Å². The molecule has 1 amide bonds. The van der Waals surface area contributed by atoms with E-state index in [0.717, 1.165) is 34.6 Å². The number of aryl methyl sites for hydroxylation is 1. The average Bonchev–Trinajstić information content (AvgIpc) is 3.11. The van der Waals surface area contributed by atoms with Crippen LogP contribution in [-0.4, -0.2) is 25.9 Å². The molecule has 3 aromatic rings. The normalized spacial score (nSPS) is 15.0. The summed E-state index contributed by atoms with van der Waals surface area (Å²) in [6.45, 7) is 6.24. The Kier molecular flexibility index (Phi) is 2.94. The molecule has 0 saturated carbocycles. The molecule has 0 radical (unpaired) electrons. The summed E-state index contributed by atoms with van der Waals surface area (Å²) in [5, 5.41) is 11.8. The second-order valence-corrected chi connectivity index (χ2v) is 7.01. The molecule has 0 atom stereocenters. The van der Waals surface area contributed by atoms with Gasteiger partial charge in [-0.1, -0.05) is 31.5 Å². The van der Waals surface area contributed by atoms with Crippen molar-refractivity contribution >= 4 is 5.91 Å². The summed E-state index contributed by atoms with van der Waals surface area (Å²) in [6, 6.07) is 8.04. The summed E-state index contributed by atoms with van der Waals surface area (Å²) in [6.07, 6.45) is 2.55. The number of H-pyrrole nitrogens is 1. The first-order chi connectivity index (χ1) is 11.4. The summed E-state index contributed by atoms with van der Waals surface area (Å²) < 4.78 is 1.81. The Balaban J connectivity index is 2.08. The van der Waals surface area contributed by atoms with Crippen molar-refractivity contribution in [2.45, 2.75) is 32.6 Å². The van der Waals surface area contributed by atoms with Crippen molar-refractivity contribution in [2.75, 3.05) is 0 Å². The fourth-order valence-corrected chi connectivity index (χ4v) is 3.54. The van der Waals surface area contributed by atoms with E-state index in [-0.39, 0.29) is 5.41 Å². The molecule has 1 aromatic carbocycles. The van der Waals surface area contributed by atoms with Crippen molar-refractivity contribution in [3.8, 4) is 16.9 Å². The minimum absolute atomic E-state index is 0.262. The largest absolute Gasteiger partial charge is 0.364 e. The second-order valence-electron chi connectivity index (χ2n) is 7.01. The molecule has 1 aliphatic rings.